The molecule has 1 aliphatic carbocycles. The van der Waals surface area contributed by atoms with Gasteiger partial charge in [-0.2, -0.15) is 0 Å². The van der Waals surface area contributed by atoms with Crippen molar-refractivity contribution in [3.8, 4) is 11.8 Å². The van der Waals surface area contributed by atoms with Crippen LogP contribution in [0.3, 0.4) is 0 Å². The lowest BCUT2D eigenvalue weighted by Crippen LogP contribution is -2.46. The third kappa shape index (κ3) is 5.48. The number of hydrogen-bond acceptors (Lipinski definition) is 6. The van der Waals surface area contributed by atoms with Crippen LogP contribution in [0.15, 0.2) is 6.33 Å². The fourth-order valence-corrected chi connectivity index (χ4v) is 4.65. The molecule has 6 heteroatoms. The van der Waals surface area contributed by atoms with Crippen LogP contribution < -0.4 is 4.90 Å². The Kier molecular flexibility index (Phi) is 7.37. The zero-order valence-corrected chi connectivity index (χ0v) is 17.9. The molecular weight excluding hydrogens is 362 g/mol. The van der Waals surface area contributed by atoms with Crippen molar-refractivity contribution in [1.29, 1.82) is 0 Å². The van der Waals surface area contributed by atoms with E-state index in [-0.39, 0.29) is 0 Å². The number of aromatic nitrogens is 2. The number of piperidine rings is 1. The lowest BCUT2D eigenvalue weighted by atomic mass is 9.95. The van der Waals surface area contributed by atoms with Gasteiger partial charge in [-0.05, 0) is 45.1 Å². The van der Waals surface area contributed by atoms with E-state index in [9.17, 15) is 0 Å². The number of likely N-dealkylation sites (N-methyl/N-ethyl adjacent to an activating group) is 1. The molecule has 1 aromatic heterocycles. The van der Waals surface area contributed by atoms with Crippen LogP contribution in [0.5, 0.6) is 0 Å². The highest BCUT2D eigenvalue weighted by Crippen LogP contribution is 2.29. The minimum absolute atomic E-state index is 0.325. The van der Waals surface area contributed by atoms with Crippen molar-refractivity contribution in [2.45, 2.75) is 51.6 Å². The summed E-state index contributed by atoms with van der Waals surface area (Å²) in [5.74, 6) is 7.71. The summed E-state index contributed by atoms with van der Waals surface area (Å²) in [5.41, 5.74) is 2.66. The molecule has 0 spiro atoms. The second-order valence-corrected chi connectivity index (χ2v) is 8.39. The monoisotopic (exact) mass is 397 g/mol. The van der Waals surface area contributed by atoms with E-state index in [4.69, 9.17) is 4.74 Å². The molecule has 3 aliphatic rings. The lowest BCUT2D eigenvalue weighted by Gasteiger charge is -2.34. The van der Waals surface area contributed by atoms with Gasteiger partial charge in [0.05, 0.1) is 12.6 Å². The van der Waals surface area contributed by atoms with Crippen LogP contribution >= 0.6 is 0 Å². The Balaban J connectivity index is 1.17. The Morgan fingerprint density at radius 1 is 0.966 bits per heavy atom. The fraction of sp³-hybridized carbons (Fsp3) is 0.739. The molecule has 0 N–H and O–H groups in total. The van der Waals surface area contributed by atoms with Gasteiger partial charge in [-0.1, -0.05) is 18.8 Å². The summed E-state index contributed by atoms with van der Waals surface area (Å²) in [4.78, 5) is 16.5. The van der Waals surface area contributed by atoms with E-state index < -0.39 is 0 Å². The van der Waals surface area contributed by atoms with E-state index in [0.717, 1.165) is 65.0 Å². The molecule has 0 radical (unpaired) electrons. The molecule has 4 rings (SSSR count). The van der Waals surface area contributed by atoms with Crippen LogP contribution in [0, 0.1) is 11.8 Å². The zero-order chi connectivity index (χ0) is 19.9. The quantitative estimate of drug-likeness (QED) is 0.708. The molecule has 2 fully saturated rings. The molecular formula is C23H35N5O. The minimum Gasteiger partial charge on any atom is -0.365 e. The van der Waals surface area contributed by atoms with Crippen molar-refractivity contribution < 1.29 is 4.74 Å². The van der Waals surface area contributed by atoms with Crippen molar-refractivity contribution in [3.63, 3.8) is 0 Å². The molecule has 0 unspecified atom stereocenters. The SMILES string of the molecule is CCN1CCN(CC#CCOC2CCN(c3ncnc4c3CCCC4)CC2)CC1. The van der Waals surface area contributed by atoms with Gasteiger partial charge in [0.2, 0.25) is 0 Å². The third-order valence-electron chi connectivity index (χ3n) is 6.57. The van der Waals surface area contributed by atoms with Crippen molar-refractivity contribution in [1.82, 2.24) is 19.8 Å². The zero-order valence-electron chi connectivity index (χ0n) is 17.9. The van der Waals surface area contributed by atoms with Crippen molar-refractivity contribution in [3.05, 3.63) is 17.6 Å². The van der Waals surface area contributed by atoms with Gasteiger partial charge in [-0.15, -0.1) is 0 Å². The average Bonchev–Trinajstić information content (AvgIpc) is 2.79. The highest BCUT2D eigenvalue weighted by Gasteiger charge is 2.24. The number of rotatable bonds is 5. The first-order valence-corrected chi connectivity index (χ1v) is 11.4. The van der Waals surface area contributed by atoms with Crippen molar-refractivity contribution >= 4 is 5.82 Å². The third-order valence-corrected chi connectivity index (χ3v) is 6.57. The summed E-state index contributed by atoms with van der Waals surface area (Å²) in [6.07, 6.45) is 8.95. The summed E-state index contributed by atoms with van der Waals surface area (Å²) in [6.45, 7) is 11.5. The van der Waals surface area contributed by atoms with Crippen LogP contribution in [0.1, 0.15) is 43.9 Å². The summed E-state index contributed by atoms with van der Waals surface area (Å²) < 4.78 is 6.04. The number of nitrogens with zero attached hydrogens (tertiary/aromatic N) is 5. The average molecular weight is 398 g/mol. The summed E-state index contributed by atoms with van der Waals surface area (Å²) in [7, 11) is 0. The predicted octanol–water partition coefficient (Wildman–Crippen LogP) is 1.98. The maximum absolute atomic E-state index is 6.04. The van der Waals surface area contributed by atoms with Gasteiger partial charge in [-0.3, -0.25) is 4.90 Å². The number of piperazine rings is 1. The van der Waals surface area contributed by atoms with Gasteiger partial charge in [0.1, 0.15) is 18.8 Å². The van der Waals surface area contributed by atoms with Gasteiger partial charge in [0.25, 0.3) is 0 Å². The first kappa shape index (κ1) is 20.6. The fourth-order valence-electron chi connectivity index (χ4n) is 4.65. The van der Waals surface area contributed by atoms with E-state index in [1.807, 2.05) is 0 Å². The Morgan fingerprint density at radius 3 is 2.52 bits per heavy atom. The van der Waals surface area contributed by atoms with E-state index in [2.05, 4.69) is 43.4 Å². The Labute approximate surface area is 175 Å². The topological polar surface area (TPSA) is 44.7 Å². The maximum Gasteiger partial charge on any atom is 0.135 e. The largest absolute Gasteiger partial charge is 0.365 e. The van der Waals surface area contributed by atoms with Gasteiger partial charge in [0.15, 0.2) is 0 Å². The molecule has 1 aromatic rings. The Bertz CT molecular complexity index is 712. The first-order chi connectivity index (χ1) is 14.3. The van der Waals surface area contributed by atoms with Crippen LogP contribution in [0.4, 0.5) is 5.82 Å². The van der Waals surface area contributed by atoms with Crippen LogP contribution in [-0.4, -0.2) is 84.8 Å². The van der Waals surface area contributed by atoms with E-state index in [1.165, 1.54) is 43.0 Å². The molecule has 158 valence electrons. The summed E-state index contributed by atoms with van der Waals surface area (Å²) in [5, 5.41) is 0. The number of anilines is 1. The van der Waals surface area contributed by atoms with Crippen LogP contribution in [-0.2, 0) is 17.6 Å². The second-order valence-electron chi connectivity index (χ2n) is 8.39. The lowest BCUT2D eigenvalue weighted by molar-refractivity contribution is 0.0593. The van der Waals surface area contributed by atoms with E-state index in [0.29, 0.717) is 12.7 Å². The van der Waals surface area contributed by atoms with Gasteiger partial charge in [-0.25, -0.2) is 9.97 Å². The van der Waals surface area contributed by atoms with Gasteiger partial charge in [0, 0.05) is 50.5 Å². The van der Waals surface area contributed by atoms with Gasteiger partial charge < -0.3 is 14.5 Å². The molecule has 0 aromatic carbocycles. The maximum atomic E-state index is 6.04. The van der Waals surface area contributed by atoms with Crippen LogP contribution in [0.2, 0.25) is 0 Å². The highest BCUT2D eigenvalue weighted by atomic mass is 16.5. The standard InChI is InChI=1S/C23H35N5O/c1-2-26-14-16-27(17-15-26)11-5-6-18-29-20-9-12-28(13-10-20)23-21-7-3-4-8-22(21)24-19-25-23/h19-20H,2-4,7-18H2,1H3. The normalized spacial score (nSPS) is 21.5. The molecule has 6 nitrogen and oxygen atoms in total. The van der Waals surface area contributed by atoms with Crippen molar-refractivity contribution in [2.75, 3.05) is 63.9 Å². The predicted molar refractivity (Wildman–Crippen MR) is 116 cm³/mol. The Hall–Kier alpha value is -1.68. The molecule has 0 bridgehead atoms. The molecule has 0 amide bonds. The smallest absolute Gasteiger partial charge is 0.135 e. The summed E-state index contributed by atoms with van der Waals surface area (Å²) >= 11 is 0. The molecule has 3 heterocycles. The molecule has 2 saturated heterocycles. The molecule has 0 saturated carbocycles. The number of fused-ring (bicyclic) bond motifs is 1. The number of hydrogen-bond donors (Lipinski definition) is 0. The molecule has 29 heavy (non-hydrogen) atoms. The van der Waals surface area contributed by atoms with E-state index >= 15 is 0 Å². The minimum atomic E-state index is 0.325. The Morgan fingerprint density at radius 2 is 1.72 bits per heavy atom. The number of ether oxygens (including phenoxy) is 1. The molecule has 2 aliphatic heterocycles. The van der Waals surface area contributed by atoms with Crippen LogP contribution in [0.25, 0.3) is 0 Å². The van der Waals surface area contributed by atoms with Gasteiger partial charge >= 0.3 is 0 Å². The molecule has 0 atom stereocenters. The second kappa shape index (κ2) is 10.4. The number of aryl methyl sites for hydroxylation is 1. The highest BCUT2D eigenvalue weighted by molar-refractivity contribution is 5.49. The van der Waals surface area contributed by atoms with E-state index in [1.54, 1.807) is 6.33 Å². The summed E-state index contributed by atoms with van der Waals surface area (Å²) in [6, 6.07) is 0. The van der Waals surface area contributed by atoms with Crippen molar-refractivity contribution in [2.24, 2.45) is 0 Å². The first-order valence-electron chi connectivity index (χ1n) is 11.4.